The summed E-state index contributed by atoms with van der Waals surface area (Å²) in [6, 6.07) is 0. The van der Waals surface area contributed by atoms with E-state index >= 15 is 0 Å². The van der Waals surface area contributed by atoms with E-state index in [1.807, 2.05) is 9.78 Å². The highest BCUT2D eigenvalue weighted by Gasteiger charge is 2.49. The molecular formula is C16H32ClN6OP. The van der Waals surface area contributed by atoms with Crippen LogP contribution < -0.4 is 0 Å². The van der Waals surface area contributed by atoms with Crippen molar-refractivity contribution in [2.24, 2.45) is 0 Å². The molecule has 0 spiro atoms. The summed E-state index contributed by atoms with van der Waals surface area (Å²) < 4.78 is 14.2. The van der Waals surface area contributed by atoms with Gasteiger partial charge in [0.1, 0.15) is 0 Å². The molecule has 0 saturated carbocycles. The second-order valence-electron chi connectivity index (χ2n) is 7.65. The molecule has 7 nitrogen and oxygen atoms in total. The summed E-state index contributed by atoms with van der Waals surface area (Å²) in [5.74, 6) is 0. The molecule has 144 valence electrons. The Balaban J connectivity index is 1.64. The molecule has 0 aromatic heterocycles. The summed E-state index contributed by atoms with van der Waals surface area (Å²) in [5, 5.41) is 8.99. The number of hydrogen-bond acceptors (Lipinski definition) is 5. The molecule has 0 radical (unpaired) electrons. The molecule has 0 atom stereocenters. The van der Waals surface area contributed by atoms with Gasteiger partial charge in [-0.05, 0) is 62.6 Å². The van der Waals surface area contributed by atoms with Gasteiger partial charge in [-0.1, -0.05) is 9.78 Å². The molecule has 4 heterocycles. The molecule has 0 N–H and O–H groups in total. The van der Waals surface area contributed by atoms with Crippen LogP contribution in [0.2, 0.25) is 0 Å². The molecule has 0 aliphatic carbocycles. The normalized spacial score (nSPS) is 28.3. The SMILES string of the molecule is O=P(Cl)(N(N1CCCC1)N1CCCC1)N(N1CCCC1)N1CCCC1. The first kappa shape index (κ1) is 18.6. The van der Waals surface area contributed by atoms with Gasteiger partial charge in [-0.2, -0.15) is 0 Å². The fourth-order valence-electron chi connectivity index (χ4n) is 4.57. The van der Waals surface area contributed by atoms with Gasteiger partial charge in [0.05, 0.1) is 0 Å². The van der Waals surface area contributed by atoms with Gasteiger partial charge < -0.3 is 0 Å². The first-order valence-electron chi connectivity index (χ1n) is 10.1. The Morgan fingerprint density at radius 2 is 0.720 bits per heavy atom. The minimum atomic E-state index is -3.27. The van der Waals surface area contributed by atoms with Crippen LogP contribution in [0.3, 0.4) is 0 Å². The number of rotatable bonds is 6. The lowest BCUT2D eigenvalue weighted by Gasteiger charge is -2.48. The van der Waals surface area contributed by atoms with E-state index in [1.165, 1.54) is 0 Å². The van der Waals surface area contributed by atoms with Crippen LogP contribution in [-0.2, 0) is 4.57 Å². The average Bonchev–Trinajstić information content (AvgIpc) is 3.38. The monoisotopic (exact) mass is 390 g/mol. The zero-order chi connectivity index (χ0) is 17.3. The molecule has 0 amide bonds. The Kier molecular flexibility index (Phi) is 6.05. The van der Waals surface area contributed by atoms with E-state index in [0.717, 1.165) is 104 Å². The number of hydrazine groups is 4. The maximum Gasteiger partial charge on any atom is 0.358 e. The number of hydrogen-bond donors (Lipinski definition) is 0. The minimum Gasteiger partial charge on any atom is -0.265 e. The Bertz CT molecular complexity index is 415. The smallest absolute Gasteiger partial charge is 0.265 e. The lowest BCUT2D eigenvalue weighted by atomic mass is 10.4. The highest BCUT2D eigenvalue weighted by atomic mass is 35.7. The van der Waals surface area contributed by atoms with Crippen LogP contribution in [0, 0.1) is 0 Å². The summed E-state index contributed by atoms with van der Waals surface area (Å²) in [7, 11) is 0. The Labute approximate surface area is 156 Å². The highest BCUT2D eigenvalue weighted by Crippen LogP contribution is 2.62. The van der Waals surface area contributed by atoms with Gasteiger partial charge in [0, 0.05) is 52.4 Å². The van der Waals surface area contributed by atoms with Crippen LogP contribution in [0.4, 0.5) is 0 Å². The van der Waals surface area contributed by atoms with Crippen molar-refractivity contribution in [1.29, 1.82) is 0 Å². The molecule has 4 saturated heterocycles. The van der Waals surface area contributed by atoms with Gasteiger partial charge >= 0.3 is 6.80 Å². The van der Waals surface area contributed by atoms with Gasteiger partial charge in [-0.3, -0.25) is 4.57 Å². The molecule has 9 heteroatoms. The summed E-state index contributed by atoms with van der Waals surface area (Å²) in [5.41, 5.74) is 0. The van der Waals surface area contributed by atoms with E-state index in [1.54, 1.807) is 0 Å². The van der Waals surface area contributed by atoms with Crippen molar-refractivity contribution < 1.29 is 4.57 Å². The third kappa shape index (κ3) is 3.81. The third-order valence-corrected chi connectivity index (χ3v) is 8.49. The van der Waals surface area contributed by atoms with Crippen molar-refractivity contribution in [3.8, 4) is 0 Å². The van der Waals surface area contributed by atoms with Crippen molar-refractivity contribution in [2.45, 2.75) is 51.4 Å². The summed E-state index contributed by atoms with van der Waals surface area (Å²) in [6.45, 7) is 4.41. The summed E-state index contributed by atoms with van der Waals surface area (Å²) >= 11 is 7.03. The van der Waals surface area contributed by atoms with E-state index in [4.69, 9.17) is 11.2 Å². The highest BCUT2D eigenvalue weighted by molar-refractivity contribution is 7.85. The fraction of sp³-hybridized carbons (Fsp3) is 1.00. The average molecular weight is 391 g/mol. The van der Waals surface area contributed by atoms with Gasteiger partial charge in [0.2, 0.25) is 0 Å². The Hall–Kier alpha value is 0.280. The Morgan fingerprint density at radius 1 is 0.520 bits per heavy atom. The fourth-order valence-corrected chi connectivity index (χ4v) is 7.82. The molecule has 0 aromatic carbocycles. The molecule has 4 aliphatic heterocycles. The van der Waals surface area contributed by atoms with Gasteiger partial charge in [0.25, 0.3) is 0 Å². The van der Waals surface area contributed by atoms with Gasteiger partial charge in [0.15, 0.2) is 0 Å². The first-order chi connectivity index (χ1) is 12.2. The molecule has 0 unspecified atom stereocenters. The predicted molar refractivity (Wildman–Crippen MR) is 100 cm³/mol. The second kappa shape index (κ2) is 8.11. The predicted octanol–water partition coefficient (Wildman–Crippen LogP) is 2.98. The van der Waals surface area contributed by atoms with E-state index < -0.39 is 6.80 Å². The van der Waals surface area contributed by atoms with E-state index in [0.29, 0.717) is 0 Å². The standard InChI is InChI=1S/C16H32ClN6OP/c17-25(24,22(18-9-1-2-10-18)19-11-3-4-12-19)23(20-13-5-6-14-20)21-15-7-8-16-21/h1-16H2. The Morgan fingerprint density at radius 3 is 0.920 bits per heavy atom. The largest absolute Gasteiger partial charge is 0.358 e. The van der Waals surface area contributed by atoms with Crippen LogP contribution in [0.1, 0.15) is 51.4 Å². The maximum atomic E-state index is 14.2. The van der Waals surface area contributed by atoms with Crippen LogP contribution >= 0.6 is 18.0 Å². The second-order valence-corrected chi connectivity index (χ2v) is 10.6. The molecule has 0 bridgehead atoms. The van der Waals surface area contributed by atoms with Gasteiger partial charge in [-0.25, -0.2) is 20.0 Å². The molecule has 4 aliphatic rings. The zero-order valence-corrected chi connectivity index (χ0v) is 16.9. The molecule has 0 aromatic rings. The van der Waals surface area contributed by atoms with Gasteiger partial charge in [-0.15, -0.1) is 0 Å². The minimum absolute atomic E-state index is 0.959. The molecule has 25 heavy (non-hydrogen) atoms. The van der Waals surface area contributed by atoms with E-state index in [2.05, 4.69) is 20.0 Å². The quantitative estimate of drug-likeness (QED) is 0.645. The molecule has 4 fully saturated rings. The zero-order valence-electron chi connectivity index (χ0n) is 15.2. The third-order valence-electron chi connectivity index (χ3n) is 5.78. The number of halogens is 1. The lowest BCUT2D eigenvalue weighted by molar-refractivity contribution is -0.134. The topological polar surface area (TPSA) is 36.5 Å². The van der Waals surface area contributed by atoms with E-state index in [9.17, 15) is 4.57 Å². The van der Waals surface area contributed by atoms with Crippen molar-refractivity contribution in [3.05, 3.63) is 0 Å². The van der Waals surface area contributed by atoms with Crippen molar-refractivity contribution in [3.63, 3.8) is 0 Å². The van der Waals surface area contributed by atoms with Crippen LogP contribution in [0.25, 0.3) is 0 Å². The van der Waals surface area contributed by atoms with Crippen molar-refractivity contribution >= 4 is 18.0 Å². The lowest BCUT2D eigenvalue weighted by Crippen LogP contribution is -2.56. The number of nitrogens with zero attached hydrogens (tertiary/aromatic N) is 6. The first-order valence-corrected chi connectivity index (χ1v) is 12.6. The molecular weight excluding hydrogens is 359 g/mol. The van der Waals surface area contributed by atoms with Crippen molar-refractivity contribution in [2.75, 3.05) is 52.4 Å². The maximum absolute atomic E-state index is 14.2. The van der Waals surface area contributed by atoms with Crippen LogP contribution in [0.15, 0.2) is 0 Å². The summed E-state index contributed by atoms with van der Waals surface area (Å²) in [6.07, 6.45) is 9.29. The van der Waals surface area contributed by atoms with E-state index in [-0.39, 0.29) is 0 Å². The summed E-state index contributed by atoms with van der Waals surface area (Å²) in [4.78, 5) is 3.98. The van der Waals surface area contributed by atoms with Crippen molar-refractivity contribution in [1.82, 2.24) is 29.8 Å². The van der Waals surface area contributed by atoms with Crippen LogP contribution in [-0.4, -0.2) is 82.2 Å². The molecule has 4 rings (SSSR count). The van der Waals surface area contributed by atoms with Crippen LogP contribution in [0.5, 0.6) is 0 Å².